The maximum absolute atomic E-state index is 12.7. The van der Waals surface area contributed by atoms with Gasteiger partial charge in [0.25, 0.3) is 0 Å². The highest BCUT2D eigenvalue weighted by molar-refractivity contribution is 7.47. The number of nitrogens with zero attached hydrogens (tertiary/aromatic N) is 1. The van der Waals surface area contributed by atoms with Gasteiger partial charge in [-0.05, 0) is 44.6 Å². The molecule has 0 aromatic carbocycles. The van der Waals surface area contributed by atoms with Crippen molar-refractivity contribution >= 4 is 25.5 Å². The monoisotopic (exact) mass is 909 g/mol. The van der Waals surface area contributed by atoms with E-state index >= 15 is 0 Å². The minimum Gasteiger partial charge on any atom is -0.462 e. The highest BCUT2D eigenvalue weighted by Gasteiger charge is 2.27. The third kappa shape index (κ3) is 47.4. The summed E-state index contributed by atoms with van der Waals surface area (Å²) in [5, 5.41) is 0. The molecule has 0 radical (unpaired) electrons. The Labute approximate surface area is 386 Å². The quantitative estimate of drug-likeness (QED) is 0.0121. The van der Waals surface area contributed by atoms with Crippen molar-refractivity contribution in [1.82, 2.24) is 0 Å². The van der Waals surface area contributed by atoms with Crippen molar-refractivity contribution in [2.75, 3.05) is 47.5 Å². The van der Waals surface area contributed by atoms with Crippen LogP contribution in [0.5, 0.6) is 0 Å². The Bertz CT molecular complexity index is 1270. The molecule has 366 valence electrons. The Morgan fingerprint density at radius 1 is 0.540 bits per heavy atom. The highest BCUT2D eigenvalue weighted by atomic mass is 31.2. The maximum Gasteiger partial charge on any atom is 0.472 e. The van der Waals surface area contributed by atoms with E-state index in [-0.39, 0.29) is 31.8 Å². The lowest BCUT2D eigenvalue weighted by atomic mass is 10.0. The van der Waals surface area contributed by atoms with Gasteiger partial charge in [0.2, 0.25) is 0 Å². The van der Waals surface area contributed by atoms with Crippen LogP contribution in [0.25, 0.3) is 0 Å². The van der Waals surface area contributed by atoms with Gasteiger partial charge in [0, 0.05) is 19.3 Å². The maximum atomic E-state index is 12.7. The van der Waals surface area contributed by atoms with E-state index in [0.29, 0.717) is 30.3 Å². The van der Waals surface area contributed by atoms with E-state index < -0.39 is 32.5 Å². The predicted octanol–water partition coefficient (Wildman–Crippen LogP) is 14.2. The minimum atomic E-state index is -4.41. The van der Waals surface area contributed by atoms with Crippen LogP contribution in [-0.4, -0.2) is 80.7 Å². The zero-order chi connectivity index (χ0) is 46.5. The van der Waals surface area contributed by atoms with E-state index in [1.54, 1.807) is 12.2 Å². The summed E-state index contributed by atoms with van der Waals surface area (Å²) in [6.45, 7) is 4.20. The fourth-order valence-electron chi connectivity index (χ4n) is 6.85. The van der Waals surface area contributed by atoms with E-state index in [4.69, 9.17) is 18.5 Å². The Morgan fingerprint density at radius 3 is 1.54 bits per heavy atom. The van der Waals surface area contributed by atoms with Crippen LogP contribution in [0.4, 0.5) is 0 Å². The van der Waals surface area contributed by atoms with Crippen molar-refractivity contribution < 1.29 is 46.8 Å². The molecule has 0 fully saturated rings. The van der Waals surface area contributed by atoms with Crippen molar-refractivity contribution in [1.29, 1.82) is 0 Å². The van der Waals surface area contributed by atoms with Gasteiger partial charge < -0.3 is 18.9 Å². The molecule has 0 aromatic rings. The van der Waals surface area contributed by atoms with Gasteiger partial charge in [-0.15, -0.1) is 0 Å². The molecule has 0 rings (SSSR count). The molecule has 63 heavy (non-hydrogen) atoms. The molecule has 0 aromatic heterocycles. The summed E-state index contributed by atoms with van der Waals surface area (Å²) in [4.78, 5) is 47.2. The first-order valence-electron chi connectivity index (χ1n) is 25.3. The number of carbonyl (C=O) groups excluding carboxylic acids is 3. The summed E-state index contributed by atoms with van der Waals surface area (Å²) < 4.78 is 34.3. The molecule has 0 aliphatic heterocycles. The molecule has 0 amide bonds. The number of hydrogen-bond acceptors (Lipinski definition) is 8. The molecule has 0 saturated carbocycles. The number of hydrogen-bond donors (Lipinski definition) is 1. The van der Waals surface area contributed by atoms with Gasteiger partial charge >= 0.3 is 19.8 Å². The average Bonchev–Trinajstić information content (AvgIpc) is 3.23. The lowest BCUT2D eigenvalue weighted by Gasteiger charge is -2.24. The number of ketones is 1. The standard InChI is InChI=1S/C52H94NO9P/c1-6-8-10-11-12-13-14-15-16-17-18-19-20-21-22-23-26-29-32-35-39-43-51(55)59-47-50(48-61-63(57,58)60-46-45-53(3,4)5)62-52(56)44-40-36-33-30-27-24-25-28-31-34-38-42-49(54)41-37-9-7-2/h24-25,30-31,33-34,38,42,50H,6-23,26-29,32,35-37,39-41,43-48H2,1-5H3/p+1/b25-24-,33-30-,34-31-,42-38+/t50-/m1/s1. The Morgan fingerprint density at radius 2 is 1.00 bits per heavy atom. The van der Waals surface area contributed by atoms with E-state index in [0.717, 1.165) is 51.4 Å². The van der Waals surface area contributed by atoms with Gasteiger partial charge in [-0.1, -0.05) is 198 Å². The van der Waals surface area contributed by atoms with Gasteiger partial charge in [0.1, 0.15) is 19.8 Å². The van der Waals surface area contributed by atoms with Gasteiger partial charge in [0.05, 0.1) is 27.7 Å². The SMILES string of the molecule is CCCCCCCCCCCCCCCCCCCCCCCC(=O)OC[C@H](COP(=O)(O)OCC[N+](C)(C)C)OC(=O)CCC/C=C\C/C=C\C/C=C\C=C\C(=O)CCCCC. The van der Waals surface area contributed by atoms with Crippen LogP contribution < -0.4 is 0 Å². The number of phosphoric ester groups is 1. The van der Waals surface area contributed by atoms with E-state index in [2.05, 4.69) is 26.0 Å². The average molecular weight is 909 g/mol. The molecule has 1 unspecified atom stereocenters. The first-order chi connectivity index (χ1) is 30.4. The zero-order valence-electron chi connectivity index (χ0n) is 41.1. The topological polar surface area (TPSA) is 125 Å². The third-order valence-electron chi connectivity index (χ3n) is 10.8. The van der Waals surface area contributed by atoms with Crippen molar-refractivity contribution in [2.24, 2.45) is 0 Å². The van der Waals surface area contributed by atoms with Crippen molar-refractivity contribution in [2.45, 2.75) is 219 Å². The molecule has 2 atom stereocenters. The molecule has 0 aliphatic carbocycles. The lowest BCUT2D eigenvalue weighted by molar-refractivity contribution is -0.870. The smallest absolute Gasteiger partial charge is 0.462 e. The molecule has 10 nitrogen and oxygen atoms in total. The molecular weight excluding hydrogens is 814 g/mol. The predicted molar refractivity (Wildman–Crippen MR) is 262 cm³/mol. The number of allylic oxidation sites excluding steroid dienone is 8. The molecular formula is C52H95NO9P+. The first kappa shape index (κ1) is 60.6. The van der Waals surface area contributed by atoms with Crippen LogP contribution in [0.1, 0.15) is 213 Å². The van der Waals surface area contributed by atoms with Gasteiger partial charge in [0.15, 0.2) is 11.9 Å². The van der Waals surface area contributed by atoms with Crippen LogP contribution in [0.3, 0.4) is 0 Å². The summed E-state index contributed by atoms with van der Waals surface area (Å²) in [5.74, 6) is -0.722. The van der Waals surface area contributed by atoms with Gasteiger partial charge in [-0.2, -0.15) is 0 Å². The number of quaternary nitrogens is 1. The lowest BCUT2D eigenvalue weighted by Crippen LogP contribution is -2.37. The summed E-state index contributed by atoms with van der Waals surface area (Å²) in [5.41, 5.74) is 0. The molecule has 1 N–H and O–H groups in total. The molecule has 0 bridgehead atoms. The molecule has 11 heteroatoms. The number of esters is 2. The number of phosphoric acid groups is 1. The third-order valence-corrected chi connectivity index (χ3v) is 11.8. The Hall–Kier alpha value is -2.36. The number of ether oxygens (including phenoxy) is 2. The van der Waals surface area contributed by atoms with Crippen LogP contribution >= 0.6 is 7.82 Å². The zero-order valence-corrected chi connectivity index (χ0v) is 41.9. The van der Waals surface area contributed by atoms with Gasteiger partial charge in [-0.3, -0.25) is 23.4 Å². The second kappa shape index (κ2) is 43.5. The fraction of sp³-hybridized carbons (Fsp3) is 0.788. The number of carbonyl (C=O) groups is 3. The second-order valence-electron chi connectivity index (χ2n) is 18.2. The van der Waals surface area contributed by atoms with Crippen molar-refractivity contribution in [3.05, 3.63) is 48.6 Å². The molecule has 0 aliphatic rings. The van der Waals surface area contributed by atoms with Crippen LogP contribution in [-0.2, 0) is 37.5 Å². The first-order valence-corrected chi connectivity index (χ1v) is 26.8. The van der Waals surface area contributed by atoms with E-state index in [1.165, 1.54) is 116 Å². The largest absolute Gasteiger partial charge is 0.472 e. The van der Waals surface area contributed by atoms with E-state index in [1.807, 2.05) is 45.4 Å². The second-order valence-corrected chi connectivity index (χ2v) is 19.7. The number of unbranched alkanes of at least 4 members (excludes halogenated alkanes) is 23. The van der Waals surface area contributed by atoms with Crippen molar-refractivity contribution in [3.63, 3.8) is 0 Å². The summed E-state index contributed by atoms with van der Waals surface area (Å²) in [7, 11) is 1.41. The van der Waals surface area contributed by atoms with Crippen molar-refractivity contribution in [3.8, 4) is 0 Å². The minimum absolute atomic E-state index is 0.0106. The molecule has 0 saturated heterocycles. The van der Waals surface area contributed by atoms with Crippen LogP contribution in [0.2, 0.25) is 0 Å². The van der Waals surface area contributed by atoms with Crippen LogP contribution in [0.15, 0.2) is 48.6 Å². The fourth-order valence-corrected chi connectivity index (χ4v) is 7.59. The normalized spacial score (nSPS) is 13.7. The van der Waals surface area contributed by atoms with Crippen LogP contribution in [0, 0.1) is 0 Å². The number of likely N-dealkylation sites (N-methyl/N-ethyl adjacent to an activating group) is 1. The Balaban J connectivity index is 4.34. The number of rotatable bonds is 46. The summed E-state index contributed by atoms with van der Waals surface area (Å²) in [6.07, 6.45) is 48.7. The summed E-state index contributed by atoms with van der Waals surface area (Å²) >= 11 is 0. The Kier molecular flexibility index (Phi) is 41.9. The molecule has 0 spiro atoms. The van der Waals surface area contributed by atoms with Gasteiger partial charge in [-0.25, -0.2) is 4.57 Å². The molecule has 0 heterocycles. The highest BCUT2D eigenvalue weighted by Crippen LogP contribution is 2.43. The summed E-state index contributed by atoms with van der Waals surface area (Å²) in [6, 6.07) is 0. The van der Waals surface area contributed by atoms with E-state index in [9.17, 15) is 23.8 Å².